The number of ether oxygens (including phenoxy) is 1. The van der Waals surface area contributed by atoms with Gasteiger partial charge in [0, 0.05) is 30.3 Å². The maximum Gasteiger partial charge on any atom is 0.352 e. The van der Waals surface area contributed by atoms with Crippen LogP contribution in [0.5, 0.6) is 5.88 Å². The van der Waals surface area contributed by atoms with Crippen molar-refractivity contribution >= 4 is 23.1 Å². The van der Waals surface area contributed by atoms with Crippen LogP contribution in [0.3, 0.4) is 0 Å². The van der Waals surface area contributed by atoms with E-state index < -0.39 is 6.03 Å². The van der Waals surface area contributed by atoms with Crippen LogP contribution in [0.2, 0.25) is 0 Å². The zero-order valence-corrected chi connectivity index (χ0v) is 15.3. The first-order valence-electron chi connectivity index (χ1n) is 7.84. The number of hydrogen-bond donors (Lipinski definition) is 2. The fourth-order valence-electron chi connectivity index (χ4n) is 2.43. The molecule has 26 heavy (non-hydrogen) atoms. The number of rotatable bonds is 5. The van der Waals surface area contributed by atoms with Gasteiger partial charge in [-0.05, 0) is 30.0 Å². The Balaban J connectivity index is 1.79. The first-order chi connectivity index (χ1) is 12.5. The van der Waals surface area contributed by atoms with Crippen molar-refractivity contribution in [2.45, 2.75) is 13.5 Å². The number of hydrazine groups is 2. The number of aromatic nitrogens is 2. The lowest BCUT2D eigenvalue weighted by Gasteiger charge is -2.24. The van der Waals surface area contributed by atoms with Crippen molar-refractivity contribution in [1.29, 1.82) is 0 Å². The van der Waals surface area contributed by atoms with E-state index in [-0.39, 0.29) is 6.61 Å². The Bertz CT molecular complexity index is 891. The molecule has 9 heteroatoms. The molecule has 1 aromatic carbocycles. The third kappa shape index (κ3) is 3.69. The van der Waals surface area contributed by atoms with Crippen molar-refractivity contribution in [3.05, 3.63) is 58.4 Å². The fraction of sp³-hybridized carbons (Fsp3) is 0.176. The van der Waals surface area contributed by atoms with Crippen LogP contribution in [-0.2, 0) is 6.61 Å². The zero-order valence-electron chi connectivity index (χ0n) is 14.5. The molecular weight excluding hydrogens is 352 g/mol. The van der Waals surface area contributed by atoms with Crippen LogP contribution in [0.25, 0.3) is 5.69 Å². The SMILES string of the molecule is Cc1cccc(N(N)C(=O)N(C)N)c1COc1ccn(-c2ccsc2)n1. The summed E-state index contributed by atoms with van der Waals surface area (Å²) in [5, 5.41) is 10.3. The van der Waals surface area contributed by atoms with Crippen molar-refractivity contribution in [1.82, 2.24) is 14.8 Å². The number of thiophene rings is 1. The summed E-state index contributed by atoms with van der Waals surface area (Å²) in [7, 11) is 1.44. The van der Waals surface area contributed by atoms with Gasteiger partial charge in [-0.2, -0.15) is 11.3 Å². The molecule has 2 aromatic heterocycles. The van der Waals surface area contributed by atoms with Crippen molar-refractivity contribution in [2.75, 3.05) is 12.1 Å². The van der Waals surface area contributed by atoms with Crippen molar-refractivity contribution < 1.29 is 9.53 Å². The van der Waals surface area contributed by atoms with Gasteiger partial charge >= 0.3 is 6.03 Å². The number of urea groups is 1. The Morgan fingerprint density at radius 3 is 2.81 bits per heavy atom. The first-order valence-corrected chi connectivity index (χ1v) is 8.78. The van der Waals surface area contributed by atoms with E-state index >= 15 is 0 Å². The van der Waals surface area contributed by atoms with Crippen molar-refractivity contribution in [2.24, 2.45) is 11.7 Å². The molecule has 8 nitrogen and oxygen atoms in total. The fourth-order valence-corrected chi connectivity index (χ4v) is 3.06. The molecule has 0 spiro atoms. The second kappa shape index (κ2) is 7.56. The van der Waals surface area contributed by atoms with Gasteiger partial charge in [0.2, 0.25) is 5.88 Å². The van der Waals surface area contributed by atoms with E-state index in [1.807, 2.05) is 42.1 Å². The van der Waals surface area contributed by atoms with Gasteiger partial charge in [0.1, 0.15) is 6.61 Å². The van der Waals surface area contributed by atoms with E-state index in [0.717, 1.165) is 26.8 Å². The summed E-state index contributed by atoms with van der Waals surface area (Å²) in [6.07, 6.45) is 1.83. The van der Waals surface area contributed by atoms with E-state index in [1.165, 1.54) is 7.05 Å². The minimum absolute atomic E-state index is 0.220. The number of hydrogen-bond acceptors (Lipinski definition) is 6. The lowest BCUT2D eigenvalue weighted by molar-refractivity contribution is 0.216. The van der Waals surface area contributed by atoms with Crippen LogP contribution in [0.15, 0.2) is 47.3 Å². The number of carbonyl (C=O) groups is 1. The molecule has 0 aliphatic rings. The van der Waals surface area contributed by atoms with Gasteiger partial charge in [-0.25, -0.2) is 26.2 Å². The molecule has 4 N–H and O–H groups in total. The van der Waals surface area contributed by atoms with Gasteiger partial charge in [0.15, 0.2) is 0 Å². The normalized spacial score (nSPS) is 10.6. The highest BCUT2D eigenvalue weighted by Crippen LogP contribution is 2.24. The van der Waals surface area contributed by atoms with E-state index in [4.69, 9.17) is 16.4 Å². The quantitative estimate of drug-likeness (QED) is 0.407. The number of carbonyl (C=O) groups excluding carboxylic acids is 1. The molecule has 0 radical (unpaired) electrons. The Morgan fingerprint density at radius 1 is 1.31 bits per heavy atom. The van der Waals surface area contributed by atoms with Crippen molar-refractivity contribution in [3.63, 3.8) is 0 Å². The molecule has 2 heterocycles. The molecule has 3 rings (SSSR count). The average molecular weight is 372 g/mol. The van der Waals surface area contributed by atoms with Crippen LogP contribution in [0.4, 0.5) is 10.5 Å². The monoisotopic (exact) mass is 372 g/mol. The minimum Gasteiger partial charge on any atom is -0.472 e. The van der Waals surface area contributed by atoms with Crippen LogP contribution in [0.1, 0.15) is 11.1 Å². The molecule has 0 aliphatic carbocycles. The highest BCUT2D eigenvalue weighted by atomic mass is 32.1. The number of nitrogens with two attached hydrogens (primary N) is 2. The molecule has 3 aromatic rings. The molecule has 136 valence electrons. The van der Waals surface area contributed by atoms with E-state index in [2.05, 4.69) is 5.10 Å². The van der Waals surface area contributed by atoms with Crippen LogP contribution in [0, 0.1) is 6.92 Å². The predicted molar refractivity (Wildman–Crippen MR) is 101 cm³/mol. The lowest BCUT2D eigenvalue weighted by Crippen LogP contribution is -2.49. The molecular formula is C17H20N6O2S. The number of aryl methyl sites for hydroxylation is 1. The highest BCUT2D eigenvalue weighted by molar-refractivity contribution is 7.08. The minimum atomic E-state index is -0.529. The van der Waals surface area contributed by atoms with Gasteiger partial charge in [0.25, 0.3) is 0 Å². The van der Waals surface area contributed by atoms with Gasteiger partial charge in [-0.1, -0.05) is 12.1 Å². The molecule has 0 saturated heterocycles. The highest BCUT2D eigenvalue weighted by Gasteiger charge is 2.19. The van der Waals surface area contributed by atoms with Gasteiger partial charge in [-0.15, -0.1) is 5.10 Å². The predicted octanol–water partition coefficient (Wildman–Crippen LogP) is 2.43. The van der Waals surface area contributed by atoms with Crippen LogP contribution >= 0.6 is 11.3 Å². The molecule has 0 aliphatic heterocycles. The number of amides is 2. The Kier molecular flexibility index (Phi) is 5.21. The van der Waals surface area contributed by atoms with Crippen molar-refractivity contribution in [3.8, 4) is 11.6 Å². The number of benzene rings is 1. The van der Waals surface area contributed by atoms with Crippen LogP contribution in [-0.4, -0.2) is 27.9 Å². The van der Waals surface area contributed by atoms with Gasteiger partial charge < -0.3 is 4.74 Å². The number of nitrogens with zero attached hydrogens (tertiary/aromatic N) is 4. The molecule has 0 fully saturated rings. The molecule has 0 saturated carbocycles. The second-order valence-corrected chi connectivity index (χ2v) is 6.48. The summed E-state index contributed by atoms with van der Waals surface area (Å²) >= 11 is 1.60. The van der Waals surface area contributed by atoms with E-state index in [9.17, 15) is 4.79 Å². The molecule has 0 bridgehead atoms. The largest absolute Gasteiger partial charge is 0.472 e. The third-order valence-electron chi connectivity index (χ3n) is 3.85. The average Bonchev–Trinajstić information content (AvgIpc) is 3.30. The molecule has 2 amide bonds. The second-order valence-electron chi connectivity index (χ2n) is 5.70. The molecule has 0 atom stereocenters. The van der Waals surface area contributed by atoms with E-state index in [0.29, 0.717) is 11.6 Å². The standard InChI is InChI=1S/C17H20N6O2S/c1-12-4-3-5-15(23(19)17(24)21(2)18)14(12)10-25-16-6-8-22(20-16)13-7-9-26-11-13/h3-9,11H,10,18-19H2,1-2H3. The molecule has 0 unspecified atom stereocenters. The Hall–Kier alpha value is -2.88. The Morgan fingerprint density at radius 2 is 2.12 bits per heavy atom. The summed E-state index contributed by atoms with van der Waals surface area (Å²) < 4.78 is 7.56. The first kappa shape index (κ1) is 17.9. The maximum atomic E-state index is 12.1. The van der Waals surface area contributed by atoms with Gasteiger partial charge in [-0.3, -0.25) is 5.01 Å². The lowest BCUT2D eigenvalue weighted by atomic mass is 10.1. The maximum absolute atomic E-state index is 12.1. The number of anilines is 1. The zero-order chi connectivity index (χ0) is 18.7. The summed E-state index contributed by atoms with van der Waals surface area (Å²) in [4.78, 5) is 12.1. The topological polar surface area (TPSA) is 103 Å². The Labute approximate surface area is 155 Å². The summed E-state index contributed by atoms with van der Waals surface area (Å²) in [5.41, 5.74) is 3.24. The van der Waals surface area contributed by atoms with Gasteiger partial charge in [0.05, 0.1) is 11.4 Å². The smallest absolute Gasteiger partial charge is 0.352 e. The summed E-state index contributed by atoms with van der Waals surface area (Å²) in [6, 6.07) is 8.73. The van der Waals surface area contributed by atoms with Crippen LogP contribution < -0.4 is 21.4 Å². The summed E-state index contributed by atoms with van der Waals surface area (Å²) in [6.45, 7) is 2.15. The third-order valence-corrected chi connectivity index (χ3v) is 4.52. The summed E-state index contributed by atoms with van der Waals surface area (Å²) in [5.74, 6) is 11.9. The van der Waals surface area contributed by atoms with E-state index in [1.54, 1.807) is 28.2 Å².